The van der Waals surface area contributed by atoms with E-state index in [0.717, 1.165) is 59.6 Å². The number of hydrogen-bond acceptors (Lipinski definition) is 6. The minimum Gasteiger partial charge on any atom is -0.478 e. The standard InChI is InChI=1S/C23H24N6O2/c1-14-11-17(15(2)25-19-8-4-3-7-16(19)22(30)31)20-18(12-14)21-27-24-13-29(21)23(26-20)28-9-5-6-10-28/h3-4,7-8,11-13,15,25H,5-6,9-10H2,1-2H3,(H,30,31). The molecule has 31 heavy (non-hydrogen) atoms. The van der Waals surface area contributed by atoms with Crippen LogP contribution in [0, 0.1) is 6.92 Å². The zero-order chi connectivity index (χ0) is 21.5. The van der Waals surface area contributed by atoms with Crippen LogP contribution in [0.3, 0.4) is 0 Å². The van der Waals surface area contributed by atoms with Gasteiger partial charge in [0.2, 0.25) is 5.95 Å². The summed E-state index contributed by atoms with van der Waals surface area (Å²) < 4.78 is 1.97. The van der Waals surface area contributed by atoms with Gasteiger partial charge in [-0.15, -0.1) is 10.2 Å². The molecule has 1 atom stereocenters. The number of nitrogens with one attached hydrogen (secondary N) is 1. The Balaban J connectivity index is 1.66. The van der Waals surface area contributed by atoms with Crippen LogP contribution >= 0.6 is 0 Å². The highest BCUT2D eigenvalue weighted by Crippen LogP contribution is 2.32. The van der Waals surface area contributed by atoms with Crippen molar-refractivity contribution in [3.63, 3.8) is 0 Å². The monoisotopic (exact) mass is 416 g/mol. The van der Waals surface area contributed by atoms with Gasteiger partial charge in [0.1, 0.15) is 6.33 Å². The smallest absolute Gasteiger partial charge is 0.337 e. The molecule has 0 aliphatic carbocycles. The number of anilines is 2. The second-order valence-corrected chi connectivity index (χ2v) is 8.10. The number of carboxylic acid groups (broad SMARTS) is 1. The quantitative estimate of drug-likeness (QED) is 0.506. The van der Waals surface area contributed by atoms with Gasteiger partial charge in [0.15, 0.2) is 5.65 Å². The van der Waals surface area contributed by atoms with E-state index in [1.807, 2.05) is 24.3 Å². The van der Waals surface area contributed by atoms with Crippen LogP contribution < -0.4 is 10.2 Å². The number of carboxylic acids is 1. The van der Waals surface area contributed by atoms with Gasteiger partial charge in [-0.1, -0.05) is 18.2 Å². The maximum atomic E-state index is 11.6. The van der Waals surface area contributed by atoms with Crippen LogP contribution in [0.2, 0.25) is 0 Å². The number of nitrogens with zero attached hydrogens (tertiary/aromatic N) is 5. The fraction of sp³-hybridized carbons (Fsp3) is 0.304. The van der Waals surface area contributed by atoms with Crippen molar-refractivity contribution in [3.05, 3.63) is 59.4 Å². The minimum absolute atomic E-state index is 0.160. The van der Waals surface area contributed by atoms with E-state index < -0.39 is 5.97 Å². The Morgan fingerprint density at radius 1 is 1.19 bits per heavy atom. The highest BCUT2D eigenvalue weighted by Gasteiger charge is 2.22. The third-order valence-corrected chi connectivity index (χ3v) is 5.88. The van der Waals surface area contributed by atoms with E-state index in [4.69, 9.17) is 4.98 Å². The van der Waals surface area contributed by atoms with E-state index >= 15 is 0 Å². The van der Waals surface area contributed by atoms with E-state index in [-0.39, 0.29) is 11.6 Å². The van der Waals surface area contributed by atoms with Gasteiger partial charge in [-0.3, -0.25) is 4.40 Å². The molecule has 2 N–H and O–H groups in total. The maximum Gasteiger partial charge on any atom is 0.337 e. The molecule has 0 amide bonds. The second kappa shape index (κ2) is 7.54. The maximum absolute atomic E-state index is 11.6. The summed E-state index contributed by atoms with van der Waals surface area (Å²) in [4.78, 5) is 19.0. The van der Waals surface area contributed by atoms with Gasteiger partial charge in [-0.2, -0.15) is 0 Å². The summed E-state index contributed by atoms with van der Waals surface area (Å²) in [6.45, 7) is 6.00. The van der Waals surface area contributed by atoms with E-state index in [0.29, 0.717) is 5.69 Å². The van der Waals surface area contributed by atoms with Crippen molar-refractivity contribution < 1.29 is 9.90 Å². The number of hydrogen-bond donors (Lipinski definition) is 2. The predicted octanol–water partition coefficient (Wildman–Crippen LogP) is 4.06. The number of fused-ring (bicyclic) bond motifs is 3. The summed E-state index contributed by atoms with van der Waals surface area (Å²) in [6.07, 6.45) is 4.02. The van der Waals surface area contributed by atoms with Gasteiger partial charge in [-0.25, -0.2) is 9.78 Å². The highest BCUT2D eigenvalue weighted by molar-refractivity contribution is 5.96. The zero-order valence-electron chi connectivity index (χ0n) is 17.5. The first kappa shape index (κ1) is 19.3. The first-order chi connectivity index (χ1) is 15.0. The molecule has 2 aromatic carbocycles. The summed E-state index contributed by atoms with van der Waals surface area (Å²) in [6, 6.07) is 11.0. The van der Waals surface area contributed by atoms with E-state index in [1.165, 1.54) is 0 Å². The lowest BCUT2D eigenvalue weighted by Gasteiger charge is -2.22. The Labute approximate surface area is 179 Å². The van der Waals surface area contributed by atoms with Crippen LogP contribution in [-0.2, 0) is 0 Å². The summed E-state index contributed by atoms with van der Waals surface area (Å²) >= 11 is 0. The van der Waals surface area contributed by atoms with E-state index in [9.17, 15) is 9.90 Å². The van der Waals surface area contributed by atoms with Gasteiger partial charge < -0.3 is 15.3 Å². The molecule has 0 bridgehead atoms. The van der Waals surface area contributed by atoms with Crippen LogP contribution in [-0.4, -0.2) is 43.7 Å². The molecular formula is C23H24N6O2. The third-order valence-electron chi connectivity index (χ3n) is 5.88. The van der Waals surface area contributed by atoms with Crippen molar-refractivity contribution in [1.82, 2.24) is 19.6 Å². The van der Waals surface area contributed by atoms with Crippen LogP contribution in [0.25, 0.3) is 16.6 Å². The summed E-state index contributed by atoms with van der Waals surface area (Å²) in [5, 5.41) is 22.4. The molecule has 1 unspecified atom stereocenters. The van der Waals surface area contributed by atoms with Crippen LogP contribution in [0.4, 0.5) is 11.6 Å². The Morgan fingerprint density at radius 3 is 2.74 bits per heavy atom. The molecule has 8 nitrogen and oxygen atoms in total. The van der Waals surface area contributed by atoms with E-state index in [2.05, 4.69) is 32.5 Å². The molecule has 158 valence electrons. The summed E-state index contributed by atoms with van der Waals surface area (Å²) in [7, 11) is 0. The third kappa shape index (κ3) is 3.34. The van der Waals surface area contributed by atoms with Crippen molar-refractivity contribution in [1.29, 1.82) is 0 Å². The minimum atomic E-state index is -0.955. The molecule has 1 fully saturated rings. The number of para-hydroxylation sites is 1. The number of aromatic carboxylic acids is 1. The van der Waals surface area contributed by atoms with Crippen molar-refractivity contribution in [2.45, 2.75) is 32.7 Å². The fourth-order valence-corrected chi connectivity index (χ4v) is 4.40. The Hall–Kier alpha value is -3.68. The lowest BCUT2D eigenvalue weighted by atomic mass is 10.0. The first-order valence-corrected chi connectivity index (χ1v) is 10.5. The lowest BCUT2D eigenvalue weighted by molar-refractivity contribution is 0.0698. The largest absolute Gasteiger partial charge is 0.478 e. The lowest BCUT2D eigenvalue weighted by Crippen LogP contribution is -2.22. The Bertz CT molecular complexity index is 1290. The topological polar surface area (TPSA) is 95.6 Å². The number of carbonyl (C=O) groups is 1. The molecule has 3 heterocycles. The number of aryl methyl sites for hydroxylation is 1. The molecule has 1 aliphatic rings. The molecule has 1 aliphatic heterocycles. The Morgan fingerprint density at radius 2 is 1.97 bits per heavy atom. The summed E-state index contributed by atoms with van der Waals surface area (Å²) in [5.41, 5.74) is 4.57. The van der Waals surface area contributed by atoms with Gasteiger partial charge >= 0.3 is 5.97 Å². The van der Waals surface area contributed by atoms with Crippen molar-refractivity contribution in [3.8, 4) is 0 Å². The van der Waals surface area contributed by atoms with E-state index in [1.54, 1.807) is 24.5 Å². The first-order valence-electron chi connectivity index (χ1n) is 10.5. The van der Waals surface area contributed by atoms with Gasteiger partial charge in [0.25, 0.3) is 0 Å². The van der Waals surface area contributed by atoms with Gasteiger partial charge in [0.05, 0.1) is 17.1 Å². The zero-order valence-corrected chi connectivity index (χ0v) is 17.5. The number of rotatable bonds is 5. The molecule has 4 aromatic rings. The SMILES string of the molecule is Cc1cc(C(C)Nc2ccccc2C(=O)O)c2nc(N3CCCC3)n3cnnc3c2c1. The van der Waals surface area contributed by atoms with Crippen LogP contribution in [0.5, 0.6) is 0 Å². The van der Waals surface area contributed by atoms with Crippen molar-refractivity contribution in [2.75, 3.05) is 23.3 Å². The number of benzene rings is 2. The van der Waals surface area contributed by atoms with Crippen LogP contribution in [0.1, 0.15) is 47.3 Å². The van der Waals surface area contributed by atoms with Gasteiger partial charge in [-0.05, 0) is 50.5 Å². The average molecular weight is 416 g/mol. The second-order valence-electron chi connectivity index (χ2n) is 8.10. The normalized spacial score (nSPS) is 15.0. The molecular weight excluding hydrogens is 392 g/mol. The molecule has 0 saturated carbocycles. The van der Waals surface area contributed by atoms with Crippen LogP contribution in [0.15, 0.2) is 42.7 Å². The summed E-state index contributed by atoms with van der Waals surface area (Å²) in [5.74, 6) is -0.0998. The Kier molecular flexibility index (Phi) is 4.69. The highest BCUT2D eigenvalue weighted by atomic mass is 16.4. The molecule has 5 rings (SSSR count). The molecule has 1 saturated heterocycles. The predicted molar refractivity (Wildman–Crippen MR) is 120 cm³/mol. The molecule has 0 spiro atoms. The molecule has 2 aromatic heterocycles. The van der Waals surface area contributed by atoms with Crippen molar-refractivity contribution in [2.24, 2.45) is 0 Å². The average Bonchev–Trinajstić information content (AvgIpc) is 3.45. The molecule has 0 radical (unpaired) electrons. The van der Waals surface area contributed by atoms with Gasteiger partial charge in [0, 0.05) is 29.7 Å². The van der Waals surface area contributed by atoms with Crippen molar-refractivity contribution >= 4 is 34.2 Å². The fourth-order valence-electron chi connectivity index (χ4n) is 4.40. The number of aromatic nitrogens is 4. The molecule has 8 heteroatoms.